The van der Waals surface area contributed by atoms with Gasteiger partial charge in [0.05, 0.1) is 19.0 Å². The van der Waals surface area contributed by atoms with E-state index in [1.807, 2.05) is 24.3 Å². The first-order chi connectivity index (χ1) is 16.5. The Balaban J connectivity index is 1.27. The first-order valence-corrected chi connectivity index (χ1v) is 10.9. The third-order valence-corrected chi connectivity index (χ3v) is 6.00. The van der Waals surface area contributed by atoms with Crippen LogP contribution in [0, 0.1) is 5.82 Å². The summed E-state index contributed by atoms with van der Waals surface area (Å²) in [6.07, 6.45) is 2.78. The fourth-order valence-corrected chi connectivity index (χ4v) is 4.09. The Bertz CT molecular complexity index is 1370. The molecule has 0 unspecified atom stereocenters. The Kier molecular flexibility index (Phi) is 5.70. The number of ether oxygens (including phenoxy) is 1. The van der Waals surface area contributed by atoms with Gasteiger partial charge < -0.3 is 14.5 Å². The average Bonchev–Trinajstić information content (AvgIpc) is 3.31. The quantitative estimate of drug-likeness (QED) is 0.452. The molecule has 4 aromatic rings. The number of aromatic nitrogens is 4. The maximum atomic E-state index is 13.2. The monoisotopic (exact) mass is 462 g/mol. The number of hydrogen-bond acceptors (Lipinski definition) is 6. The number of nitrogens with zero attached hydrogens (tertiary/aromatic N) is 6. The van der Waals surface area contributed by atoms with E-state index < -0.39 is 0 Å². The van der Waals surface area contributed by atoms with Gasteiger partial charge >= 0.3 is 0 Å². The lowest BCUT2D eigenvalue weighted by Crippen LogP contribution is -2.50. The Morgan fingerprint density at radius 3 is 2.35 bits per heavy atom. The van der Waals surface area contributed by atoms with Gasteiger partial charge in [0, 0.05) is 31.9 Å². The van der Waals surface area contributed by atoms with E-state index in [1.54, 1.807) is 24.1 Å². The minimum atomic E-state index is -0.362. The molecule has 1 fully saturated rings. The number of fused-ring (bicyclic) bond motifs is 1. The lowest BCUT2D eigenvalue weighted by Gasteiger charge is -2.36. The molecule has 0 saturated carbocycles. The zero-order chi connectivity index (χ0) is 23.7. The van der Waals surface area contributed by atoms with E-state index in [9.17, 15) is 14.0 Å². The van der Waals surface area contributed by atoms with Gasteiger partial charge in [-0.25, -0.2) is 14.1 Å². The molecule has 0 bridgehead atoms. The highest BCUT2D eigenvalue weighted by molar-refractivity contribution is 5.78. The van der Waals surface area contributed by atoms with Crippen LogP contribution in [0.1, 0.15) is 0 Å². The maximum Gasteiger partial charge on any atom is 0.264 e. The minimum absolute atomic E-state index is 0.0912. The zero-order valence-electron chi connectivity index (χ0n) is 18.6. The predicted molar refractivity (Wildman–Crippen MR) is 125 cm³/mol. The third-order valence-electron chi connectivity index (χ3n) is 6.00. The van der Waals surface area contributed by atoms with E-state index in [0.717, 1.165) is 11.4 Å². The van der Waals surface area contributed by atoms with Crippen molar-refractivity contribution in [3.05, 3.63) is 77.2 Å². The van der Waals surface area contributed by atoms with E-state index in [-0.39, 0.29) is 23.8 Å². The molecule has 0 aliphatic carbocycles. The molecule has 3 heterocycles. The van der Waals surface area contributed by atoms with E-state index in [0.29, 0.717) is 42.9 Å². The Morgan fingerprint density at radius 1 is 1.00 bits per heavy atom. The molecule has 0 spiro atoms. The molecule has 0 N–H and O–H groups in total. The molecule has 10 heteroatoms. The number of anilines is 1. The first kappa shape index (κ1) is 21.6. The summed E-state index contributed by atoms with van der Waals surface area (Å²) in [5.74, 6) is 0.305. The minimum Gasteiger partial charge on any atom is -0.497 e. The fraction of sp³-hybridized carbons (Fsp3) is 0.250. The second kappa shape index (κ2) is 8.97. The first-order valence-electron chi connectivity index (χ1n) is 10.9. The molecule has 9 nitrogen and oxygen atoms in total. The molecule has 174 valence electrons. The standard InChI is InChI=1S/C24H23FN6O3/c1-34-20-8-6-18(7-9-20)28-10-12-29(13-11-28)22(32)15-30-16-26-23-21(24(30)33)14-27-31(23)19-4-2-17(25)3-5-19/h2-9,14,16H,10-13,15H2,1H3. The van der Waals surface area contributed by atoms with Crippen LogP contribution < -0.4 is 15.2 Å². The third kappa shape index (κ3) is 4.09. The number of rotatable bonds is 5. The number of halogens is 1. The van der Waals surface area contributed by atoms with E-state index in [4.69, 9.17) is 4.74 Å². The van der Waals surface area contributed by atoms with Crippen LogP contribution in [-0.2, 0) is 11.3 Å². The molecular formula is C24H23FN6O3. The summed E-state index contributed by atoms with van der Waals surface area (Å²) in [4.78, 5) is 34.2. The molecule has 2 aromatic heterocycles. The van der Waals surface area contributed by atoms with E-state index >= 15 is 0 Å². The summed E-state index contributed by atoms with van der Waals surface area (Å²) in [6.45, 7) is 2.45. The summed E-state index contributed by atoms with van der Waals surface area (Å²) in [7, 11) is 1.63. The van der Waals surface area contributed by atoms with Gasteiger partial charge in [-0.1, -0.05) is 0 Å². The van der Waals surface area contributed by atoms with Crippen molar-refractivity contribution in [1.29, 1.82) is 0 Å². The predicted octanol–water partition coefficient (Wildman–Crippen LogP) is 2.08. The van der Waals surface area contributed by atoms with E-state index in [1.165, 1.54) is 33.9 Å². The van der Waals surface area contributed by atoms with Crippen LogP contribution in [0.4, 0.5) is 10.1 Å². The molecule has 1 aliphatic heterocycles. The molecule has 1 aliphatic rings. The van der Waals surface area contributed by atoms with Gasteiger partial charge in [-0.3, -0.25) is 14.2 Å². The largest absolute Gasteiger partial charge is 0.497 e. The SMILES string of the molecule is COc1ccc(N2CCN(C(=O)Cn3cnc4c(cnn4-c4ccc(F)cc4)c3=O)CC2)cc1. The summed E-state index contributed by atoms with van der Waals surface area (Å²) < 4.78 is 21.2. The van der Waals surface area contributed by atoms with Gasteiger partial charge in [-0.05, 0) is 48.5 Å². The van der Waals surface area contributed by atoms with Crippen LogP contribution in [0.2, 0.25) is 0 Å². The van der Waals surface area contributed by atoms with Crippen molar-refractivity contribution in [2.24, 2.45) is 0 Å². The van der Waals surface area contributed by atoms with Gasteiger partial charge in [0.1, 0.15) is 29.8 Å². The lowest BCUT2D eigenvalue weighted by atomic mass is 10.2. The molecule has 34 heavy (non-hydrogen) atoms. The van der Waals surface area contributed by atoms with Crippen molar-refractivity contribution in [2.45, 2.75) is 6.54 Å². The molecular weight excluding hydrogens is 439 g/mol. The fourth-order valence-electron chi connectivity index (χ4n) is 4.09. The smallest absolute Gasteiger partial charge is 0.264 e. The van der Waals surface area contributed by atoms with Crippen LogP contribution in [0.3, 0.4) is 0 Å². The van der Waals surface area contributed by atoms with Crippen LogP contribution in [0.15, 0.2) is 65.8 Å². The number of amides is 1. The maximum absolute atomic E-state index is 13.2. The average molecular weight is 462 g/mol. The topological polar surface area (TPSA) is 85.5 Å². The number of benzene rings is 2. The van der Waals surface area contributed by atoms with Crippen molar-refractivity contribution < 1.29 is 13.9 Å². The summed E-state index contributed by atoms with van der Waals surface area (Å²) in [6, 6.07) is 13.6. The number of methoxy groups -OCH3 is 1. The van der Waals surface area contributed by atoms with Gasteiger partial charge in [-0.15, -0.1) is 0 Å². The molecule has 0 radical (unpaired) electrons. The van der Waals surface area contributed by atoms with Crippen LogP contribution >= 0.6 is 0 Å². The highest BCUT2D eigenvalue weighted by Crippen LogP contribution is 2.20. The van der Waals surface area contributed by atoms with Crippen molar-refractivity contribution in [3.63, 3.8) is 0 Å². The van der Waals surface area contributed by atoms with Crippen molar-refractivity contribution in [3.8, 4) is 11.4 Å². The zero-order valence-corrected chi connectivity index (χ0v) is 18.6. The Morgan fingerprint density at radius 2 is 1.68 bits per heavy atom. The highest BCUT2D eigenvalue weighted by atomic mass is 19.1. The summed E-state index contributed by atoms with van der Waals surface area (Å²) in [5.41, 5.74) is 1.68. The normalized spacial score (nSPS) is 13.9. The second-order valence-corrected chi connectivity index (χ2v) is 8.01. The second-order valence-electron chi connectivity index (χ2n) is 8.01. The van der Waals surface area contributed by atoms with E-state index in [2.05, 4.69) is 15.0 Å². The number of carbonyl (C=O) groups is 1. The van der Waals surface area contributed by atoms with Gasteiger partial charge in [0.25, 0.3) is 5.56 Å². The number of carbonyl (C=O) groups excluding carboxylic acids is 1. The number of piperazine rings is 1. The van der Waals surface area contributed by atoms with Gasteiger partial charge in [0.2, 0.25) is 5.91 Å². The van der Waals surface area contributed by atoms with Crippen LogP contribution in [0.25, 0.3) is 16.7 Å². The molecule has 2 aromatic carbocycles. The molecule has 1 saturated heterocycles. The van der Waals surface area contributed by atoms with Crippen molar-refractivity contribution in [1.82, 2.24) is 24.2 Å². The van der Waals surface area contributed by atoms with Crippen molar-refractivity contribution >= 4 is 22.6 Å². The van der Waals surface area contributed by atoms with Crippen molar-refractivity contribution in [2.75, 3.05) is 38.2 Å². The Labute approximate surface area is 194 Å². The molecule has 1 amide bonds. The molecule has 5 rings (SSSR count). The number of hydrogen-bond donors (Lipinski definition) is 0. The lowest BCUT2D eigenvalue weighted by molar-refractivity contribution is -0.132. The summed E-state index contributed by atoms with van der Waals surface area (Å²) in [5, 5.41) is 4.52. The Hall–Kier alpha value is -4.21. The summed E-state index contributed by atoms with van der Waals surface area (Å²) >= 11 is 0. The van der Waals surface area contributed by atoms with Crippen LogP contribution in [0.5, 0.6) is 5.75 Å². The van der Waals surface area contributed by atoms with Gasteiger partial charge in [0.15, 0.2) is 5.65 Å². The van der Waals surface area contributed by atoms with Gasteiger partial charge in [-0.2, -0.15) is 5.10 Å². The highest BCUT2D eigenvalue weighted by Gasteiger charge is 2.22. The molecule has 0 atom stereocenters. The van der Waals surface area contributed by atoms with Crippen LogP contribution in [-0.4, -0.2) is 63.4 Å².